The van der Waals surface area contributed by atoms with Crippen LogP contribution in [0.15, 0.2) is 42.9 Å². The predicted octanol–water partition coefficient (Wildman–Crippen LogP) is 2.80. The molecule has 3 heterocycles. The van der Waals surface area contributed by atoms with Crippen molar-refractivity contribution >= 4 is 22.8 Å². The molecule has 1 saturated heterocycles. The molecule has 0 radical (unpaired) electrons. The van der Waals surface area contributed by atoms with E-state index in [1.54, 1.807) is 11.0 Å². The number of carbonyl (C=O) groups is 1. The average molecular weight is 404 g/mol. The number of halogens is 3. The molecule has 2 N–H and O–H groups in total. The minimum atomic E-state index is -4.62. The van der Waals surface area contributed by atoms with E-state index in [1.165, 1.54) is 41.3 Å². The summed E-state index contributed by atoms with van der Waals surface area (Å²) in [7, 11) is 0. The van der Waals surface area contributed by atoms with Crippen LogP contribution in [-0.4, -0.2) is 46.7 Å². The number of anilines is 2. The minimum Gasteiger partial charge on any atom is -0.370 e. The van der Waals surface area contributed by atoms with Gasteiger partial charge in [0.15, 0.2) is 0 Å². The lowest BCUT2D eigenvalue weighted by Gasteiger charge is -2.27. The summed E-state index contributed by atoms with van der Waals surface area (Å²) in [6.45, 7) is 2.33. The van der Waals surface area contributed by atoms with Crippen LogP contribution in [0, 0.1) is 0 Å². The monoisotopic (exact) mass is 404 g/mol. The highest BCUT2D eigenvalue weighted by Gasteiger charge is 2.38. The van der Waals surface area contributed by atoms with Crippen molar-refractivity contribution in [3.8, 4) is 0 Å². The van der Waals surface area contributed by atoms with E-state index in [1.807, 2.05) is 0 Å². The number of hydrogen-bond donors (Lipinski definition) is 2. The summed E-state index contributed by atoms with van der Waals surface area (Å²) >= 11 is 0. The molecular weight excluding hydrogens is 385 g/mol. The first-order chi connectivity index (χ1) is 13.9. The lowest BCUT2D eigenvalue weighted by molar-refractivity contribution is -0.136. The number of carbonyl (C=O) groups excluding carboxylic acids is 1. The molecule has 0 unspecified atom stereocenters. The van der Waals surface area contributed by atoms with E-state index < -0.39 is 17.6 Å². The molecule has 1 amide bonds. The number of benzene rings is 1. The zero-order valence-corrected chi connectivity index (χ0v) is 15.4. The maximum absolute atomic E-state index is 14.0. The SMILES string of the molecule is O=C(Nc1cccc(N2CCCNCC2)c1C(F)(F)F)c1ccc2cncnn12. The van der Waals surface area contributed by atoms with Crippen molar-refractivity contribution in [3.05, 3.63) is 54.1 Å². The fraction of sp³-hybridized carbons (Fsp3) is 0.316. The fourth-order valence-electron chi connectivity index (χ4n) is 3.51. The first kappa shape index (κ1) is 19.2. The Hall–Kier alpha value is -3.14. The van der Waals surface area contributed by atoms with Crippen molar-refractivity contribution in [1.29, 1.82) is 0 Å². The van der Waals surface area contributed by atoms with E-state index in [4.69, 9.17) is 0 Å². The van der Waals surface area contributed by atoms with Crippen LogP contribution in [0.2, 0.25) is 0 Å². The zero-order valence-electron chi connectivity index (χ0n) is 15.4. The molecule has 4 rings (SSSR count). The third-order valence-corrected chi connectivity index (χ3v) is 4.81. The highest BCUT2D eigenvalue weighted by molar-refractivity contribution is 6.04. The molecule has 10 heteroatoms. The Labute approximate surface area is 164 Å². The van der Waals surface area contributed by atoms with Crippen molar-refractivity contribution < 1.29 is 18.0 Å². The summed E-state index contributed by atoms with van der Waals surface area (Å²) in [5.41, 5.74) is -0.354. The van der Waals surface area contributed by atoms with Gasteiger partial charge in [0.2, 0.25) is 0 Å². The van der Waals surface area contributed by atoms with Crippen molar-refractivity contribution in [2.45, 2.75) is 12.6 Å². The van der Waals surface area contributed by atoms with E-state index in [9.17, 15) is 18.0 Å². The number of alkyl halides is 3. The number of aromatic nitrogens is 3. The quantitative estimate of drug-likeness (QED) is 0.702. The van der Waals surface area contributed by atoms with Gasteiger partial charge < -0.3 is 15.5 Å². The van der Waals surface area contributed by atoms with Crippen LogP contribution in [0.5, 0.6) is 0 Å². The van der Waals surface area contributed by atoms with Crippen LogP contribution in [0.25, 0.3) is 5.52 Å². The summed E-state index contributed by atoms with van der Waals surface area (Å²) < 4.78 is 43.3. The molecular formula is C19H19F3N6O. The largest absolute Gasteiger partial charge is 0.420 e. The second-order valence-corrected chi connectivity index (χ2v) is 6.71. The Kier molecular flexibility index (Phi) is 5.10. The topological polar surface area (TPSA) is 74.6 Å². The molecule has 0 atom stereocenters. The summed E-state index contributed by atoms with van der Waals surface area (Å²) in [5, 5.41) is 9.59. The maximum atomic E-state index is 14.0. The third-order valence-electron chi connectivity index (χ3n) is 4.81. The highest BCUT2D eigenvalue weighted by atomic mass is 19.4. The number of nitrogens with zero attached hydrogens (tertiary/aromatic N) is 4. The predicted molar refractivity (Wildman–Crippen MR) is 102 cm³/mol. The first-order valence-electron chi connectivity index (χ1n) is 9.20. The molecule has 0 aliphatic carbocycles. The van der Waals surface area contributed by atoms with Gasteiger partial charge in [-0.25, -0.2) is 9.50 Å². The van der Waals surface area contributed by atoms with Crippen molar-refractivity contribution in [2.75, 3.05) is 36.4 Å². The maximum Gasteiger partial charge on any atom is 0.420 e. The van der Waals surface area contributed by atoms with Crippen LogP contribution in [-0.2, 0) is 6.18 Å². The summed E-state index contributed by atoms with van der Waals surface area (Å²) in [5.74, 6) is -0.677. The van der Waals surface area contributed by atoms with E-state index in [-0.39, 0.29) is 17.1 Å². The van der Waals surface area contributed by atoms with Gasteiger partial charge in [-0.05, 0) is 37.2 Å². The Balaban J connectivity index is 1.71. The Morgan fingerprint density at radius 2 is 2.00 bits per heavy atom. The first-order valence-corrected chi connectivity index (χ1v) is 9.20. The molecule has 0 bridgehead atoms. The van der Waals surface area contributed by atoms with Gasteiger partial charge >= 0.3 is 6.18 Å². The van der Waals surface area contributed by atoms with E-state index >= 15 is 0 Å². The van der Waals surface area contributed by atoms with Gasteiger partial charge in [-0.2, -0.15) is 18.3 Å². The average Bonchev–Trinajstić information content (AvgIpc) is 2.93. The minimum absolute atomic E-state index is 0.0707. The van der Waals surface area contributed by atoms with Crippen LogP contribution < -0.4 is 15.5 Å². The Morgan fingerprint density at radius 1 is 1.14 bits per heavy atom. The molecule has 2 aromatic heterocycles. The molecule has 0 spiro atoms. The molecule has 1 aliphatic heterocycles. The van der Waals surface area contributed by atoms with Gasteiger partial charge in [0.1, 0.15) is 17.6 Å². The standard InChI is InChI=1S/C19H19F3N6O/c20-19(21,22)17-14(3-1-4-15(17)27-9-2-7-23-8-10-27)26-18(29)16-6-5-13-11-24-12-25-28(13)16/h1,3-6,11-12,23H,2,7-10H2,(H,26,29). The number of amides is 1. The summed E-state index contributed by atoms with van der Waals surface area (Å²) in [6.07, 6.45) is -1.11. The van der Waals surface area contributed by atoms with E-state index in [0.29, 0.717) is 25.2 Å². The lowest BCUT2D eigenvalue weighted by atomic mass is 10.1. The molecule has 1 aromatic carbocycles. The lowest BCUT2D eigenvalue weighted by Crippen LogP contribution is -2.30. The van der Waals surface area contributed by atoms with Crippen molar-refractivity contribution in [2.24, 2.45) is 0 Å². The third kappa shape index (κ3) is 3.88. The van der Waals surface area contributed by atoms with E-state index in [2.05, 4.69) is 20.7 Å². The van der Waals surface area contributed by atoms with Crippen LogP contribution in [0.3, 0.4) is 0 Å². The van der Waals surface area contributed by atoms with Gasteiger partial charge in [0, 0.05) is 19.6 Å². The normalized spacial score (nSPS) is 15.3. The van der Waals surface area contributed by atoms with Gasteiger partial charge in [-0.1, -0.05) is 6.07 Å². The fourth-order valence-corrected chi connectivity index (χ4v) is 3.51. The zero-order chi connectivity index (χ0) is 20.4. The number of nitrogens with one attached hydrogen (secondary N) is 2. The van der Waals surface area contributed by atoms with Gasteiger partial charge in [-0.3, -0.25) is 4.79 Å². The van der Waals surface area contributed by atoms with E-state index in [0.717, 1.165) is 13.0 Å². The van der Waals surface area contributed by atoms with Crippen molar-refractivity contribution in [3.63, 3.8) is 0 Å². The second-order valence-electron chi connectivity index (χ2n) is 6.71. The van der Waals surface area contributed by atoms with Gasteiger partial charge in [0.25, 0.3) is 5.91 Å². The van der Waals surface area contributed by atoms with Crippen LogP contribution >= 0.6 is 0 Å². The van der Waals surface area contributed by atoms with Gasteiger partial charge in [0.05, 0.1) is 23.1 Å². The molecule has 0 saturated carbocycles. The molecule has 152 valence electrons. The molecule has 1 fully saturated rings. The van der Waals surface area contributed by atoms with Crippen LogP contribution in [0.1, 0.15) is 22.5 Å². The molecule has 29 heavy (non-hydrogen) atoms. The van der Waals surface area contributed by atoms with Crippen LogP contribution in [0.4, 0.5) is 24.5 Å². The Morgan fingerprint density at radius 3 is 2.83 bits per heavy atom. The second kappa shape index (κ2) is 7.70. The molecule has 1 aliphatic rings. The molecule has 3 aromatic rings. The highest BCUT2D eigenvalue weighted by Crippen LogP contribution is 2.42. The summed E-state index contributed by atoms with van der Waals surface area (Å²) in [6, 6.07) is 7.36. The number of hydrogen-bond acceptors (Lipinski definition) is 5. The number of fused-ring (bicyclic) bond motifs is 1. The number of rotatable bonds is 3. The van der Waals surface area contributed by atoms with Crippen molar-refractivity contribution in [1.82, 2.24) is 19.9 Å². The smallest absolute Gasteiger partial charge is 0.370 e. The van der Waals surface area contributed by atoms with Gasteiger partial charge in [-0.15, -0.1) is 0 Å². The Bertz CT molecular complexity index is 1020. The summed E-state index contributed by atoms with van der Waals surface area (Å²) in [4.78, 5) is 18.3. The molecule has 7 nitrogen and oxygen atoms in total.